The Morgan fingerprint density at radius 3 is 3.00 bits per heavy atom. The van der Waals surface area contributed by atoms with Gasteiger partial charge in [-0.15, -0.1) is 0 Å². The van der Waals surface area contributed by atoms with E-state index in [4.69, 9.17) is 4.74 Å². The average molecular weight is 280 g/mol. The van der Waals surface area contributed by atoms with Crippen molar-refractivity contribution in [2.45, 2.75) is 12.5 Å². The molecule has 1 amide bonds. The fourth-order valence-corrected chi connectivity index (χ4v) is 3.09. The molecule has 1 aliphatic heterocycles. The number of hydrogen-bond acceptors (Lipinski definition) is 4. The van der Waals surface area contributed by atoms with Gasteiger partial charge < -0.3 is 15.0 Å². The Labute approximate surface area is 118 Å². The van der Waals surface area contributed by atoms with Gasteiger partial charge in [-0.3, -0.25) is 4.79 Å². The maximum Gasteiger partial charge on any atom is 0.228 e. The van der Waals surface area contributed by atoms with E-state index in [2.05, 4.69) is 5.32 Å². The van der Waals surface area contributed by atoms with Gasteiger partial charge in [0.2, 0.25) is 5.91 Å². The third kappa shape index (κ3) is 3.64. The predicted octanol–water partition coefficient (Wildman–Crippen LogP) is 1.75. The molecule has 1 unspecified atom stereocenters. The number of nitrogens with one attached hydrogen (secondary N) is 1. The number of methoxy groups -OCH3 is 1. The summed E-state index contributed by atoms with van der Waals surface area (Å²) in [6.45, 7) is 0.987. The monoisotopic (exact) mass is 280 g/mol. The number of hydrogen-bond donors (Lipinski definition) is 1. The van der Waals surface area contributed by atoms with Crippen molar-refractivity contribution in [2.75, 3.05) is 37.1 Å². The number of ether oxygens (including phenoxy) is 1. The van der Waals surface area contributed by atoms with Crippen LogP contribution in [0, 0.1) is 0 Å². The van der Waals surface area contributed by atoms with Crippen LogP contribution < -0.4 is 15.0 Å². The molecular formula is C14H20N2O2S. The molecule has 1 fully saturated rings. The largest absolute Gasteiger partial charge is 0.495 e. The second kappa shape index (κ2) is 6.82. The molecule has 2 rings (SSSR count). The van der Waals surface area contributed by atoms with Crippen LogP contribution in [0.3, 0.4) is 0 Å². The molecule has 0 saturated carbocycles. The zero-order valence-electron chi connectivity index (χ0n) is 11.4. The Kier molecular flexibility index (Phi) is 5.10. The number of carbonyl (C=O) groups excluding carboxylic acids is 1. The van der Waals surface area contributed by atoms with Gasteiger partial charge in [0.15, 0.2) is 0 Å². The number of benzene rings is 1. The first-order chi connectivity index (χ1) is 9.22. The third-order valence-corrected chi connectivity index (χ3v) is 4.37. The minimum Gasteiger partial charge on any atom is -0.495 e. The lowest BCUT2D eigenvalue weighted by molar-refractivity contribution is -0.118. The molecule has 1 atom stereocenters. The van der Waals surface area contributed by atoms with Crippen LogP contribution in [0.5, 0.6) is 5.75 Å². The van der Waals surface area contributed by atoms with Gasteiger partial charge in [0, 0.05) is 37.6 Å². The van der Waals surface area contributed by atoms with Crippen LogP contribution in [0.1, 0.15) is 6.42 Å². The van der Waals surface area contributed by atoms with Gasteiger partial charge >= 0.3 is 0 Å². The van der Waals surface area contributed by atoms with E-state index in [1.165, 1.54) is 0 Å². The fourth-order valence-electron chi connectivity index (χ4n) is 2.14. The highest BCUT2D eigenvalue weighted by atomic mass is 32.2. The van der Waals surface area contributed by atoms with E-state index in [-0.39, 0.29) is 11.9 Å². The average Bonchev–Trinajstić information content (AvgIpc) is 2.47. The van der Waals surface area contributed by atoms with Crippen molar-refractivity contribution in [3.63, 3.8) is 0 Å². The first-order valence-corrected chi connectivity index (χ1v) is 7.58. The highest BCUT2D eigenvalue weighted by Crippen LogP contribution is 2.27. The summed E-state index contributed by atoms with van der Waals surface area (Å²) in [6.07, 6.45) is 0.529. The summed E-state index contributed by atoms with van der Waals surface area (Å²) in [5.74, 6) is 2.98. The summed E-state index contributed by atoms with van der Waals surface area (Å²) in [7, 11) is 3.42. The van der Waals surface area contributed by atoms with Crippen LogP contribution in [-0.2, 0) is 4.79 Å². The zero-order valence-corrected chi connectivity index (χ0v) is 12.2. The lowest BCUT2D eigenvalue weighted by Gasteiger charge is -2.26. The Balaban J connectivity index is 2.01. The maximum atomic E-state index is 12.3. The predicted molar refractivity (Wildman–Crippen MR) is 80.1 cm³/mol. The van der Waals surface area contributed by atoms with Crippen LogP contribution >= 0.6 is 11.8 Å². The molecule has 5 heteroatoms. The number of carbonyl (C=O) groups is 1. The smallest absolute Gasteiger partial charge is 0.228 e. The molecule has 1 aromatic rings. The van der Waals surface area contributed by atoms with Gasteiger partial charge in [-0.2, -0.15) is 11.8 Å². The van der Waals surface area contributed by atoms with Crippen LogP contribution in [0.2, 0.25) is 0 Å². The fraction of sp³-hybridized carbons (Fsp3) is 0.500. The summed E-state index contributed by atoms with van der Waals surface area (Å²) >= 11 is 1.90. The van der Waals surface area contributed by atoms with Gasteiger partial charge in [-0.1, -0.05) is 12.1 Å². The molecule has 0 spiro atoms. The second-order valence-corrected chi connectivity index (χ2v) is 5.70. The van der Waals surface area contributed by atoms with Crippen LogP contribution in [0.15, 0.2) is 24.3 Å². The molecule has 1 aromatic carbocycles. The number of anilines is 1. The van der Waals surface area contributed by atoms with Crippen molar-refractivity contribution in [1.82, 2.24) is 5.32 Å². The SMILES string of the molecule is COc1ccccc1N(C)C(=O)CC1CSCCN1. The zero-order chi connectivity index (χ0) is 13.7. The quantitative estimate of drug-likeness (QED) is 0.912. The molecule has 1 aliphatic rings. The lowest BCUT2D eigenvalue weighted by atomic mass is 10.2. The van der Waals surface area contributed by atoms with Crippen molar-refractivity contribution in [3.8, 4) is 5.75 Å². The highest BCUT2D eigenvalue weighted by Gasteiger charge is 2.21. The molecule has 104 valence electrons. The van der Waals surface area contributed by atoms with Gasteiger partial charge in [-0.25, -0.2) is 0 Å². The van der Waals surface area contributed by atoms with E-state index < -0.39 is 0 Å². The van der Waals surface area contributed by atoms with Gasteiger partial charge in [-0.05, 0) is 12.1 Å². The van der Waals surface area contributed by atoms with Crippen molar-refractivity contribution < 1.29 is 9.53 Å². The normalized spacial score (nSPS) is 18.9. The van der Waals surface area contributed by atoms with Crippen molar-refractivity contribution in [1.29, 1.82) is 0 Å². The maximum absolute atomic E-state index is 12.3. The first kappa shape index (κ1) is 14.2. The topological polar surface area (TPSA) is 41.6 Å². The number of nitrogens with zero attached hydrogens (tertiary/aromatic N) is 1. The Bertz CT molecular complexity index is 433. The van der Waals surface area contributed by atoms with Gasteiger partial charge in [0.25, 0.3) is 0 Å². The van der Waals surface area contributed by atoms with E-state index in [0.717, 1.165) is 29.5 Å². The first-order valence-electron chi connectivity index (χ1n) is 6.43. The molecule has 4 nitrogen and oxygen atoms in total. The van der Waals surface area contributed by atoms with E-state index in [0.29, 0.717) is 6.42 Å². The highest BCUT2D eigenvalue weighted by molar-refractivity contribution is 7.99. The van der Waals surface area contributed by atoms with Crippen LogP contribution in [-0.4, -0.2) is 44.2 Å². The molecule has 0 aliphatic carbocycles. The summed E-state index contributed by atoms with van der Waals surface area (Å²) < 4.78 is 5.29. The standard InChI is InChI=1S/C14H20N2O2S/c1-16(12-5-3-4-6-13(12)18-2)14(17)9-11-10-19-8-7-15-11/h3-6,11,15H,7-10H2,1-2H3. The number of thioether (sulfide) groups is 1. The molecule has 1 saturated heterocycles. The number of rotatable bonds is 4. The Morgan fingerprint density at radius 2 is 2.32 bits per heavy atom. The molecule has 19 heavy (non-hydrogen) atoms. The summed E-state index contributed by atoms with van der Waals surface area (Å²) in [5, 5.41) is 3.39. The number of para-hydroxylation sites is 2. The van der Waals surface area contributed by atoms with Gasteiger partial charge in [0.05, 0.1) is 12.8 Å². The molecular weight excluding hydrogens is 260 g/mol. The molecule has 0 bridgehead atoms. The van der Waals surface area contributed by atoms with E-state index >= 15 is 0 Å². The van der Waals surface area contributed by atoms with Crippen LogP contribution in [0.4, 0.5) is 5.69 Å². The lowest BCUT2D eigenvalue weighted by Crippen LogP contribution is -2.41. The molecule has 0 radical (unpaired) electrons. The minimum absolute atomic E-state index is 0.115. The van der Waals surface area contributed by atoms with E-state index in [1.54, 1.807) is 19.1 Å². The van der Waals surface area contributed by atoms with Gasteiger partial charge in [0.1, 0.15) is 5.75 Å². The van der Waals surface area contributed by atoms with Crippen molar-refractivity contribution >= 4 is 23.4 Å². The molecule has 1 heterocycles. The summed E-state index contributed by atoms with van der Waals surface area (Å²) in [6, 6.07) is 7.87. The molecule has 1 N–H and O–H groups in total. The van der Waals surface area contributed by atoms with Crippen LogP contribution in [0.25, 0.3) is 0 Å². The van der Waals surface area contributed by atoms with E-state index in [1.807, 2.05) is 36.0 Å². The third-order valence-electron chi connectivity index (χ3n) is 3.24. The Hall–Kier alpha value is -1.20. The summed E-state index contributed by atoms with van der Waals surface area (Å²) in [5.41, 5.74) is 0.818. The molecule has 0 aromatic heterocycles. The summed E-state index contributed by atoms with van der Waals surface area (Å²) in [4.78, 5) is 14.0. The second-order valence-electron chi connectivity index (χ2n) is 4.55. The van der Waals surface area contributed by atoms with Crippen molar-refractivity contribution in [3.05, 3.63) is 24.3 Å². The van der Waals surface area contributed by atoms with E-state index in [9.17, 15) is 4.79 Å². The minimum atomic E-state index is 0.115. The van der Waals surface area contributed by atoms with Crippen molar-refractivity contribution in [2.24, 2.45) is 0 Å². The Morgan fingerprint density at radius 1 is 1.53 bits per heavy atom. The number of amides is 1.